The molecule has 0 aromatic heterocycles. The van der Waals surface area contributed by atoms with E-state index in [-0.39, 0.29) is 24.1 Å². The minimum atomic E-state index is -0.493. The van der Waals surface area contributed by atoms with E-state index in [9.17, 15) is 9.59 Å². The number of hydrogen-bond acceptors (Lipinski definition) is 5. The summed E-state index contributed by atoms with van der Waals surface area (Å²) in [5, 5.41) is 0. The highest BCUT2D eigenvalue weighted by Crippen LogP contribution is 2.17. The average Bonchev–Trinajstić information content (AvgIpc) is 2.34. The molecule has 0 aliphatic carbocycles. The first-order chi connectivity index (χ1) is 9.15. The van der Waals surface area contributed by atoms with Crippen molar-refractivity contribution in [3.8, 4) is 0 Å². The van der Waals surface area contributed by atoms with Crippen LogP contribution >= 0.6 is 0 Å². The number of nitrogens with zero attached hydrogens (tertiary/aromatic N) is 2. The maximum absolute atomic E-state index is 12.1. The first kappa shape index (κ1) is 16.8. The summed E-state index contributed by atoms with van der Waals surface area (Å²) < 4.78 is 10.1. The van der Waals surface area contributed by atoms with Crippen LogP contribution in [0.5, 0.6) is 0 Å². The van der Waals surface area contributed by atoms with Gasteiger partial charge in [-0.1, -0.05) is 0 Å². The number of piperazine rings is 1. The quantitative estimate of drug-likeness (QED) is 0.720. The smallest absolute Gasteiger partial charge is 0.410 e. The third kappa shape index (κ3) is 4.37. The Labute approximate surface area is 121 Å². The normalized spacial score (nSPS) is 22.3. The second kappa shape index (κ2) is 6.43. The highest BCUT2D eigenvalue weighted by atomic mass is 16.6. The van der Waals surface area contributed by atoms with Crippen molar-refractivity contribution < 1.29 is 19.1 Å². The third-order valence-electron chi connectivity index (χ3n) is 3.38. The van der Waals surface area contributed by atoms with E-state index in [1.807, 2.05) is 39.5 Å². The topological polar surface area (TPSA) is 59.1 Å². The predicted molar refractivity (Wildman–Crippen MR) is 75.5 cm³/mol. The van der Waals surface area contributed by atoms with E-state index in [0.717, 1.165) is 0 Å². The highest BCUT2D eigenvalue weighted by molar-refractivity contribution is 5.75. The average molecular weight is 286 g/mol. The van der Waals surface area contributed by atoms with Crippen LogP contribution in [-0.4, -0.2) is 66.3 Å². The minimum Gasteiger partial charge on any atom is -0.468 e. The van der Waals surface area contributed by atoms with Gasteiger partial charge in [-0.2, -0.15) is 0 Å². The monoisotopic (exact) mass is 286 g/mol. The number of hydrogen-bond donors (Lipinski definition) is 0. The molecule has 1 rings (SSSR count). The summed E-state index contributed by atoms with van der Waals surface area (Å²) in [5.74, 6) is -0.247. The molecular formula is C14H26N2O4. The summed E-state index contributed by atoms with van der Waals surface area (Å²) in [6, 6.07) is -0.283. The van der Waals surface area contributed by atoms with Gasteiger partial charge < -0.3 is 14.4 Å². The van der Waals surface area contributed by atoms with Gasteiger partial charge in [0.15, 0.2) is 0 Å². The molecule has 0 bridgehead atoms. The number of ether oxygens (including phenoxy) is 2. The van der Waals surface area contributed by atoms with Crippen LogP contribution in [0.15, 0.2) is 0 Å². The predicted octanol–water partition coefficient (Wildman–Crippen LogP) is 1.49. The van der Waals surface area contributed by atoms with Crippen LogP contribution in [0.3, 0.4) is 0 Å². The van der Waals surface area contributed by atoms with Gasteiger partial charge in [0.1, 0.15) is 11.6 Å². The van der Waals surface area contributed by atoms with E-state index < -0.39 is 5.60 Å². The molecule has 1 saturated heterocycles. The summed E-state index contributed by atoms with van der Waals surface area (Å²) in [6.45, 7) is 11.2. The molecule has 1 heterocycles. The van der Waals surface area contributed by atoms with Crippen LogP contribution in [-0.2, 0) is 14.3 Å². The van der Waals surface area contributed by atoms with E-state index in [1.165, 1.54) is 7.11 Å². The lowest BCUT2D eigenvalue weighted by Gasteiger charge is -2.41. The molecule has 1 aliphatic heterocycles. The van der Waals surface area contributed by atoms with Crippen molar-refractivity contribution in [1.29, 1.82) is 0 Å². The number of carbonyl (C=O) groups is 2. The fourth-order valence-corrected chi connectivity index (χ4v) is 2.25. The van der Waals surface area contributed by atoms with Crippen LogP contribution in [0.1, 0.15) is 34.6 Å². The summed E-state index contributed by atoms with van der Waals surface area (Å²) >= 11 is 0. The number of methoxy groups -OCH3 is 1. The summed E-state index contributed by atoms with van der Waals surface area (Å²) in [4.78, 5) is 27.4. The molecule has 6 nitrogen and oxygen atoms in total. The molecule has 1 aliphatic rings. The summed E-state index contributed by atoms with van der Waals surface area (Å²) in [5.41, 5.74) is -0.493. The van der Waals surface area contributed by atoms with Crippen LogP contribution in [0.4, 0.5) is 4.79 Å². The van der Waals surface area contributed by atoms with Crippen LogP contribution < -0.4 is 0 Å². The second-order valence-electron chi connectivity index (χ2n) is 6.22. The van der Waals surface area contributed by atoms with Gasteiger partial charge in [-0.05, 0) is 34.6 Å². The SMILES string of the molecule is COC(=O)C(C)N1CCN(C(=O)OC(C)(C)C)C(C)C1. The molecule has 0 spiro atoms. The number of carbonyl (C=O) groups excluding carboxylic acids is 2. The van der Waals surface area contributed by atoms with Crippen LogP contribution in [0.25, 0.3) is 0 Å². The van der Waals surface area contributed by atoms with E-state index >= 15 is 0 Å². The Morgan fingerprint density at radius 1 is 1.25 bits per heavy atom. The molecule has 0 saturated carbocycles. The lowest BCUT2D eigenvalue weighted by molar-refractivity contribution is -0.147. The largest absolute Gasteiger partial charge is 0.468 e. The van der Waals surface area contributed by atoms with Crippen LogP contribution in [0.2, 0.25) is 0 Å². The molecule has 20 heavy (non-hydrogen) atoms. The first-order valence-electron chi connectivity index (χ1n) is 6.97. The van der Waals surface area contributed by atoms with Crippen molar-refractivity contribution in [2.24, 2.45) is 0 Å². The van der Waals surface area contributed by atoms with E-state index in [4.69, 9.17) is 9.47 Å². The zero-order valence-corrected chi connectivity index (χ0v) is 13.3. The Morgan fingerprint density at radius 2 is 1.85 bits per heavy atom. The van der Waals surface area contributed by atoms with E-state index in [1.54, 1.807) is 4.90 Å². The Kier molecular flexibility index (Phi) is 5.39. The van der Waals surface area contributed by atoms with Crippen molar-refractivity contribution in [2.45, 2.75) is 52.3 Å². The van der Waals surface area contributed by atoms with E-state index in [2.05, 4.69) is 0 Å². The summed E-state index contributed by atoms with van der Waals surface area (Å²) in [7, 11) is 1.39. The minimum absolute atomic E-state index is 0.00528. The van der Waals surface area contributed by atoms with Gasteiger partial charge in [0.05, 0.1) is 7.11 Å². The fourth-order valence-electron chi connectivity index (χ4n) is 2.25. The summed E-state index contributed by atoms with van der Waals surface area (Å²) in [6.07, 6.45) is -0.296. The number of rotatable bonds is 2. The van der Waals surface area contributed by atoms with Crippen molar-refractivity contribution in [3.05, 3.63) is 0 Å². The first-order valence-corrected chi connectivity index (χ1v) is 6.97. The van der Waals surface area contributed by atoms with Crippen molar-refractivity contribution in [3.63, 3.8) is 0 Å². The number of esters is 1. The third-order valence-corrected chi connectivity index (χ3v) is 3.38. The van der Waals surface area contributed by atoms with E-state index in [0.29, 0.717) is 19.6 Å². The molecule has 1 fully saturated rings. The molecule has 0 radical (unpaired) electrons. The lowest BCUT2D eigenvalue weighted by atomic mass is 10.1. The molecule has 2 unspecified atom stereocenters. The molecular weight excluding hydrogens is 260 g/mol. The Morgan fingerprint density at radius 3 is 2.30 bits per heavy atom. The zero-order chi connectivity index (χ0) is 15.5. The van der Waals surface area contributed by atoms with Crippen LogP contribution in [0, 0.1) is 0 Å². The lowest BCUT2D eigenvalue weighted by Crippen LogP contribution is -2.58. The van der Waals surface area contributed by atoms with Gasteiger partial charge in [0, 0.05) is 25.7 Å². The van der Waals surface area contributed by atoms with Crippen molar-refractivity contribution in [2.75, 3.05) is 26.7 Å². The highest BCUT2D eigenvalue weighted by Gasteiger charge is 2.34. The molecule has 6 heteroatoms. The molecule has 0 aromatic carbocycles. The Bertz CT molecular complexity index is 365. The molecule has 1 amide bonds. The Hall–Kier alpha value is -1.30. The standard InChI is InChI=1S/C14H26N2O4/c1-10-9-15(11(2)12(17)19-6)7-8-16(10)13(18)20-14(3,4)5/h10-11H,7-9H2,1-6H3. The van der Waals surface area contributed by atoms with Gasteiger partial charge in [0.25, 0.3) is 0 Å². The van der Waals surface area contributed by atoms with Crippen molar-refractivity contribution in [1.82, 2.24) is 9.80 Å². The number of amides is 1. The molecule has 116 valence electrons. The zero-order valence-electron chi connectivity index (χ0n) is 13.3. The van der Waals surface area contributed by atoms with Gasteiger partial charge in [-0.25, -0.2) is 4.79 Å². The molecule has 0 aromatic rings. The van der Waals surface area contributed by atoms with Crippen molar-refractivity contribution >= 4 is 12.1 Å². The van der Waals surface area contributed by atoms with Gasteiger partial charge in [-0.15, -0.1) is 0 Å². The molecule has 0 N–H and O–H groups in total. The fraction of sp³-hybridized carbons (Fsp3) is 0.857. The maximum Gasteiger partial charge on any atom is 0.410 e. The van der Waals surface area contributed by atoms with Gasteiger partial charge >= 0.3 is 12.1 Å². The Balaban J connectivity index is 2.60. The van der Waals surface area contributed by atoms with Gasteiger partial charge in [0.2, 0.25) is 0 Å². The molecule has 2 atom stereocenters. The maximum atomic E-state index is 12.1. The second-order valence-corrected chi connectivity index (χ2v) is 6.22. The van der Waals surface area contributed by atoms with Gasteiger partial charge in [-0.3, -0.25) is 9.69 Å².